The minimum atomic E-state index is 0.762. The first kappa shape index (κ1) is 12.3. The zero-order chi connectivity index (χ0) is 13.0. The van der Waals surface area contributed by atoms with Crippen LogP contribution >= 0.6 is 0 Å². The van der Waals surface area contributed by atoms with Gasteiger partial charge in [0.15, 0.2) is 0 Å². The van der Waals surface area contributed by atoms with Crippen molar-refractivity contribution in [1.29, 1.82) is 0 Å². The molecule has 0 aliphatic heterocycles. The van der Waals surface area contributed by atoms with Gasteiger partial charge in [-0.25, -0.2) is 0 Å². The smallest absolute Gasteiger partial charge is 0.123 e. The summed E-state index contributed by atoms with van der Waals surface area (Å²) in [7, 11) is 3.72. The summed E-state index contributed by atoms with van der Waals surface area (Å²) < 4.78 is 5.35. The molecule has 2 aromatic carbocycles. The van der Waals surface area contributed by atoms with Crippen LogP contribution in [0.3, 0.4) is 0 Å². The number of nitrogens with zero attached hydrogens (tertiary/aromatic N) is 1. The fourth-order valence-corrected chi connectivity index (χ4v) is 2.01. The van der Waals surface area contributed by atoms with Crippen molar-refractivity contribution in [2.45, 2.75) is 6.54 Å². The highest BCUT2D eigenvalue weighted by atomic mass is 16.5. The molecular weight excluding hydrogens is 224 g/mol. The first-order valence-electron chi connectivity index (χ1n) is 5.90. The minimum Gasteiger partial charge on any atom is -0.496 e. The first-order valence-corrected chi connectivity index (χ1v) is 5.90. The molecule has 0 aliphatic carbocycles. The molecule has 0 aliphatic rings. The third-order valence-corrected chi connectivity index (χ3v) is 2.95. The van der Waals surface area contributed by atoms with Crippen molar-refractivity contribution in [3.05, 3.63) is 54.1 Å². The Kier molecular flexibility index (Phi) is 3.72. The molecule has 0 heterocycles. The van der Waals surface area contributed by atoms with Gasteiger partial charge in [0.1, 0.15) is 5.75 Å². The van der Waals surface area contributed by atoms with Crippen molar-refractivity contribution in [3.63, 3.8) is 0 Å². The number of para-hydroxylation sites is 3. The second-order valence-corrected chi connectivity index (χ2v) is 4.23. The van der Waals surface area contributed by atoms with Crippen LogP contribution in [-0.4, -0.2) is 14.2 Å². The summed E-state index contributed by atoms with van der Waals surface area (Å²) in [6.07, 6.45) is 0. The number of nitrogens with two attached hydrogens (primary N) is 1. The molecule has 0 fully saturated rings. The largest absolute Gasteiger partial charge is 0.496 e. The number of methoxy groups -OCH3 is 1. The molecule has 2 aromatic rings. The second-order valence-electron chi connectivity index (χ2n) is 4.23. The number of anilines is 2. The Morgan fingerprint density at radius 1 is 1.06 bits per heavy atom. The van der Waals surface area contributed by atoms with E-state index in [1.807, 2.05) is 49.5 Å². The number of rotatable bonds is 4. The van der Waals surface area contributed by atoms with Crippen LogP contribution in [0.5, 0.6) is 5.75 Å². The van der Waals surface area contributed by atoms with E-state index in [9.17, 15) is 0 Å². The minimum absolute atomic E-state index is 0.762. The van der Waals surface area contributed by atoms with E-state index in [1.165, 1.54) is 0 Å². The Morgan fingerprint density at radius 3 is 2.44 bits per heavy atom. The Balaban J connectivity index is 2.21. The Bertz CT molecular complexity index is 525. The quantitative estimate of drug-likeness (QED) is 0.838. The molecule has 2 rings (SSSR count). The number of hydrogen-bond acceptors (Lipinski definition) is 3. The number of nitrogen functional groups attached to an aromatic ring is 1. The molecule has 0 spiro atoms. The monoisotopic (exact) mass is 242 g/mol. The lowest BCUT2D eigenvalue weighted by molar-refractivity contribution is 0.409. The van der Waals surface area contributed by atoms with Gasteiger partial charge in [-0.3, -0.25) is 0 Å². The summed E-state index contributed by atoms with van der Waals surface area (Å²) in [6.45, 7) is 0.762. The van der Waals surface area contributed by atoms with Crippen molar-refractivity contribution in [2.75, 3.05) is 24.8 Å². The Labute approximate surface area is 108 Å². The van der Waals surface area contributed by atoms with Gasteiger partial charge in [-0.1, -0.05) is 30.3 Å². The molecule has 3 heteroatoms. The SMILES string of the molecule is COc1ccccc1CN(C)c1ccccc1N. The van der Waals surface area contributed by atoms with Crippen LogP contribution in [0.25, 0.3) is 0 Å². The Hall–Kier alpha value is -2.16. The van der Waals surface area contributed by atoms with E-state index in [4.69, 9.17) is 10.5 Å². The molecule has 94 valence electrons. The van der Waals surface area contributed by atoms with Gasteiger partial charge in [0.2, 0.25) is 0 Å². The van der Waals surface area contributed by atoms with Crippen molar-refractivity contribution in [1.82, 2.24) is 0 Å². The average Bonchev–Trinajstić information content (AvgIpc) is 2.39. The van der Waals surface area contributed by atoms with Gasteiger partial charge in [-0.15, -0.1) is 0 Å². The third-order valence-electron chi connectivity index (χ3n) is 2.95. The lowest BCUT2D eigenvalue weighted by Gasteiger charge is -2.22. The van der Waals surface area contributed by atoms with Crippen molar-refractivity contribution in [3.8, 4) is 5.75 Å². The van der Waals surface area contributed by atoms with E-state index in [0.717, 1.165) is 29.2 Å². The molecule has 0 amide bonds. The molecule has 2 N–H and O–H groups in total. The topological polar surface area (TPSA) is 38.5 Å². The normalized spacial score (nSPS) is 10.1. The molecule has 0 radical (unpaired) electrons. The summed E-state index contributed by atoms with van der Waals surface area (Å²) in [5.41, 5.74) is 8.93. The van der Waals surface area contributed by atoms with Crippen molar-refractivity contribution in [2.24, 2.45) is 0 Å². The van der Waals surface area contributed by atoms with Gasteiger partial charge < -0.3 is 15.4 Å². The van der Waals surface area contributed by atoms with E-state index < -0.39 is 0 Å². The highest BCUT2D eigenvalue weighted by molar-refractivity contribution is 5.67. The highest BCUT2D eigenvalue weighted by Crippen LogP contribution is 2.25. The zero-order valence-electron chi connectivity index (χ0n) is 10.8. The molecule has 0 bridgehead atoms. The maximum Gasteiger partial charge on any atom is 0.123 e. The van der Waals surface area contributed by atoms with Crippen LogP contribution in [0.1, 0.15) is 5.56 Å². The van der Waals surface area contributed by atoms with Crippen molar-refractivity contribution >= 4 is 11.4 Å². The standard InChI is InChI=1S/C15H18N2O/c1-17(14-9-5-4-8-13(14)16)11-12-7-3-6-10-15(12)18-2/h3-10H,11,16H2,1-2H3. The summed E-state index contributed by atoms with van der Waals surface area (Å²) >= 11 is 0. The number of ether oxygens (including phenoxy) is 1. The van der Waals surface area contributed by atoms with E-state index in [1.54, 1.807) is 7.11 Å². The summed E-state index contributed by atoms with van der Waals surface area (Å²) in [4.78, 5) is 2.12. The van der Waals surface area contributed by atoms with E-state index in [-0.39, 0.29) is 0 Å². The predicted molar refractivity (Wildman–Crippen MR) is 76.0 cm³/mol. The van der Waals surface area contributed by atoms with Gasteiger partial charge in [0.05, 0.1) is 18.5 Å². The fourth-order valence-electron chi connectivity index (χ4n) is 2.01. The van der Waals surface area contributed by atoms with Crippen LogP contribution in [0.15, 0.2) is 48.5 Å². The van der Waals surface area contributed by atoms with Gasteiger partial charge in [0, 0.05) is 19.2 Å². The van der Waals surface area contributed by atoms with Gasteiger partial charge in [-0.05, 0) is 18.2 Å². The van der Waals surface area contributed by atoms with Crippen molar-refractivity contribution < 1.29 is 4.74 Å². The number of hydrogen-bond donors (Lipinski definition) is 1. The predicted octanol–water partition coefficient (Wildman–Crippen LogP) is 2.91. The fraction of sp³-hybridized carbons (Fsp3) is 0.200. The van der Waals surface area contributed by atoms with Gasteiger partial charge >= 0.3 is 0 Å². The Morgan fingerprint density at radius 2 is 1.72 bits per heavy atom. The second kappa shape index (κ2) is 5.45. The highest BCUT2D eigenvalue weighted by Gasteiger charge is 2.08. The summed E-state index contributed by atoms with van der Waals surface area (Å²) in [5.74, 6) is 0.902. The molecule has 0 saturated carbocycles. The molecule has 0 atom stereocenters. The van der Waals surface area contributed by atoms with Crippen LogP contribution in [0.2, 0.25) is 0 Å². The average molecular weight is 242 g/mol. The van der Waals surface area contributed by atoms with Gasteiger partial charge in [0.25, 0.3) is 0 Å². The molecule has 18 heavy (non-hydrogen) atoms. The third kappa shape index (κ3) is 2.56. The molecule has 0 unspecified atom stereocenters. The van der Waals surface area contributed by atoms with Crippen LogP contribution < -0.4 is 15.4 Å². The zero-order valence-corrected chi connectivity index (χ0v) is 10.8. The lowest BCUT2D eigenvalue weighted by atomic mass is 10.1. The summed E-state index contributed by atoms with van der Waals surface area (Å²) in [6, 6.07) is 15.9. The maximum atomic E-state index is 5.97. The van der Waals surface area contributed by atoms with Crippen LogP contribution in [0, 0.1) is 0 Å². The number of benzene rings is 2. The summed E-state index contributed by atoms with van der Waals surface area (Å²) in [5, 5.41) is 0. The maximum absolute atomic E-state index is 5.97. The first-order chi connectivity index (χ1) is 8.72. The lowest BCUT2D eigenvalue weighted by Crippen LogP contribution is -2.18. The van der Waals surface area contributed by atoms with Crippen LogP contribution in [-0.2, 0) is 6.54 Å². The van der Waals surface area contributed by atoms with E-state index >= 15 is 0 Å². The molecular formula is C15H18N2O. The molecule has 0 saturated heterocycles. The van der Waals surface area contributed by atoms with Crippen LogP contribution in [0.4, 0.5) is 11.4 Å². The molecule has 3 nitrogen and oxygen atoms in total. The molecule has 0 aromatic heterocycles. The van der Waals surface area contributed by atoms with E-state index in [2.05, 4.69) is 11.0 Å². The van der Waals surface area contributed by atoms with E-state index in [0.29, 0.717) is 0 Å². The van der Waals surface area contributed by atoms with Gasteiger partial charge in [-0.2, -0.15) is 0 Å².